The molecule has 8 heteroatoms. The number of nitrogens with one attached hydrogen (secondary N) is 1. The third-order valence-electron chi connectivity index (χ3n) is 6.15. The van der Waals surface area contributed by atoms with Crippen LogP contribution in [0.4, 0.5) is 0 Å². The number of nitrogens with zero attached hydrogens (tertiary/aromatic N) is 5. The van der Waals surface area contributed by atoms with Gasteiger partial charge >= 0.3 is 0 Å². The summed E-state index contributed by atoms with van der Waals surface area (Å²) in [5.74, 6) is 3.84. The number of aliphatic imine (C=N–C) groups is 1. The predicted octanol–water partition coefficient (Wildman–Crippen LogP) is 5.00. The molecule has 1 aliphatic heterocycles. The van der Waals surface area contributed by atoms with Crippen molar-refractivity contribution in [2.45, 2.75) is 83.3 Å². The van der Waals surface area contributed by atoms with Gasteiger partial charge in [0.15, 0.2) is 11.1 Å². The van der Waals surface area contributed by atoms with Crippen LogP contribution in [0.5, 0.6) is 0 Å². The Labute approximate surface area is 204 Å². The van der Waals surface area contributed by atoms with Crippen LogP contribution in [0.25, 0.3) is 0 Å². The zero-order valence-electron chi connectivity index (χ0n) is 19.3. The minimum Gasteiger partial charge on any atom is -0.357 e. The lowest BCUT2D eigenvalue weighted by Gasteiger charge is -2.22. The van der Waals surface area contributed by atoms with Crippen LogP contribution >= 0.6 is 35.7 Å². The van der Waals surface area contributed by atoms with Crippen molar-refractivity contribution in [1.29, 1.82) is 0 Å². The molecule has 1 atom stereocenters. The first-order valence-electron chi connectivity index (χ1n) is 11.6. The van der Waals surface area contributed by atoms with E-state index in [-0.39, 0.29) is 24.0 Å². The number of halogens is 1. The Bertz CT molecular complexity index is 656. The van der Waals surface area contributed by atoms with E-state index in [0.717, 1.165) is 67.8 Å². The molecule has 0 aromatic carbocycles. The molecule has 1 aromatic heterocycles. The largest absolute Gasteiger partial charge is 0.357 e. The number of aromatic nitrogens is 3. The molecule has 1 saturated heterocycles. The van der Waals surface area contributed by atoms with Crippen LogP contribution in [-0.4, -0.2) is 58.1 Å². The summed E-state index contributed by atoms with van der Waals surface area (Å²) < 4.78 is 2.42. The van der Waals surface area contributed by atoms with Crippen molar-refractivity contribution in [3.05, 3.63) is 5.82 Å². The monoisotopic (exact) mass is 548 g/mol. The number of hydrogen-bond acceptors (Lipinski definition) is 4. The summed E-state index contributed by atoms with van der Waals surface area (Å²) in [6, 6.07) is 0.603. The number of thioether (sulfide) groups is 1. The second-order valence-electron chi connectivity index (χ2n) is 8.98. The maximum atomic E-state index is 4.95. The lowest BCUT2D eigenvalue weighted by Crippen LogP contribution is -2.40. The van der Waals surface area contributed by atoms with Crippen LogP contribution in [0.15, 0.2) is 10.1 Å². The standard InChI is InChI=1S/C22H40N6S.HI/c1-5-23-21(27-14-12-18(16-27)15-17(2)3)24-13-8-11-20-25-26-22(29-4)28(20)19-9-6-7-10-19;/h17-19H,5-16H2,1-4H3,(H,23,24);1H. The fraction of sp³-hybridized carbons (Fsp3) is 0.864. The molecule has 0 bridgehead atoms. The van der Waals surface area contributed by atoms with E-state index in [9.17, 15) is 0 Å². The van der Waals surface area contributed by atoms with Crippen molar-refractivity contribution in [2.24, 2.45) is 16.8 Å². The fourth-order valence-electron chi connectivity index (χ4n) is 4.88. The van der Waals surface area contributed by atoms with Gasteiger partial charge in [-0.05, 0) is 57.1 Å². The van der Waals surface area contributed by atoms with E-state index in [4.69, 9.17) is 4.99 Å². The molecule has 3 rings (SSSR count). The van der Waals surface area contributed by atoms with Gasteiger partial charge in [-0.25, -0.2) is 0 Å². The van der Waals surface area contributed by atoms with E-state index in [1.54, 1.807) is 11.8 Å². The smallest absolute Gasteiger partial charge is 0.193 e. The maximum Gasteiger partial charge on any atom is 0.193 e. The van der Waals surface area contributed by atoms with Crippen molar-refractivity contribution in [3.8, 4) is 0 Å². The second-order valence-corrected chi connectivity index (χ2v) is 9.75. The van der Waals surface area contributed by atoms with Crippen molar-refractivity contribution in [3.63, 3.8) is 0 Å². The Hall–Kier alpha value is -0.510. The van der Waals surface area contributed by atoms with Crippen LogP contribution < -0.4 is 5.32 Å². The topological polar surface area (TPSA) is 58.3 Å². The highest BCUT2D eigenvalue weighted by molar-refractivity contribution is 14.0. The van der Waals surface area contributed by atoms with Gasteiger partial charge in [0.05, 0.1) is 0 Å². The third-order valence-corrected chi connectivity index (χ3v) is 6.80. The Kier molecular flexibility index (Phi) is 11.3. The van der Waals surface area contributed by atoms with E-state index < -0.39 is 0 Å². The van der Waals surface area contributed by atoms with Crippen molar-refractivity contribution < 1.29 is 0 Å². The molecule has 1 unspecified atom stereocenters. The number of hydrogen-bond donors (Lipinski definition) is 1. The van der Waals surface area contributed by atoms with Gasteiger partial charge in [0, 0.05) is 38.6 Å². The number of likely N-dealkylation sites (tertiary alicyclic amines) is 1. The van der Waals surface area contributed by atoms with E-state index in [1.807, 2.05) is 0 Å². The summed E-state index contributed by atoms with van der Waals surface area (Å²) in [6.07, 6.45) is 11.9. The van der Waals surface area contributed by atoms with Gasteiger partial charge < -0.3 is 14.8 Å². The van der Waals surface area contributed by atoms with Crippen LogP contribution in [0.2, 0.25) is 0 Å². The lowest BCUT2D eigenvalue weighted by atomic mass is 9.97. The molecule has 2 aliphatic rings. The van der Waals surface area contributed by atoms with Crippen LogP contribution in [0.3, 0.4) is 0 Å². The first-order chi connectivity index (χ1) is 14.1. The molecule has 0 spiro atoms. The maximum absolute atomic E-state index is 4.95. The van der Waals surface area contributed by atoms with Gasteiger partial charge in [-0.3, -0.25) is 4.99 Å². The predicted molar refractivity (Wildman–Crippen MR) is 138 cm³/mol. The molecule has 2 fully saturated rings. The summed E-state index contributed by atoms with van der Waals surface area (Å²) >= 11 is 1.72. The molecule has 2 heterocycles. The van der Waals surface area contributed by atoms with Crippen LogP contribution in [0, 0.1) is 11.8 Å². The van der Waals surface area contributed by atoms with Gasteiger partial charge in [0.1, 0.15) is 5.82 Å². The molecule has 1 aromatic rings. The summed E-state index contributed by atoms with van der Waals surface area (Å²) in [6.45, 7) is 10.9. The molecule has 1 N–H and O–H groups in total. The zero-order valence-corrected chi connectivity index (χ0v) is 22.4. The average Bonchev–Trinajstić information content (AvgIpc) is 3.43. The van der Waals surface area contributed by atoms with Crippen molar-refractivity contribution in [2.75, 3.05) is 32.4 Å². The highest BCUT2D eigenvalue weighted by Crippen LogP contribution is 2.33. The minimum absolute atomic E-state index is 0. The van der Waals surface area contributed by atoms with E-state index in [0.29, 0.717) is 6.04 Å². The van der Waals surface area contributed by atoms with E-state index in [2.05, 4.69) is 52.0 Å². The third kappa shape index (κ3) is 7.00. The Morgan fingerprint density at radius 3 is 2.67 bits per heavy atom. The lowest BCUT2D eigenvalue weighted by molar-refractivity contribution is 0.403. The first-order valence-corrected chi connectivity index (χ1v) is 12.9. The summed E-state index contributed by atoms with van der Waals surface area (Å²) in [4.78, 5) is 7.41. The van der Waals surface area contributed by atoms with E-state index in [1.165, 1.54) is 38.5 Å². The zero-order chi connectivity index (χ0) is 20.6. The van der Waals surface area contributed by atoms with Gasteiger partial charge in [0.2, 0.25) is 0 Å². The van der Waals surface area contributed by atoms with Crippen molar-refractivity contribution in [1.82, 2.24) is 25.0 Å². The highest BCUT2D eigenvalue weighted by atomic mass is 127. The molecule has 30 heavy (non-hydrogen) atoms. The molecule has 6 nitrogen and oxygen atoms in total. The Morgan fingerprint density at radius 2 is 2.00 bits per heavy atom. The molecule has 0 radical (unpaired) electrons. The highest BCUT2D eigenvalue weighted by Gasteiger charge is 2.26. The van der Waals surface area contributed by atoms with Crippen molar-refractivity contribution >= 4 is 41.7 Å². The molecule has 1 saturated carbocycles. The first kappa shape index (κ1) is 25.7. The summed E-state index contributed by atoms with van der Waals surface area (Å²) in [7, 11) is 0. The van der Waals surface area contributed by atoms with Gasteiger partial charge in [-0.1, -0.05) is 38.5 Å². The number of guanidine groups is 1. The fourth-order valence-corrected chi connectivity index (χ4v) is 5.45. The summed E-state index contributed by atoms with van der Waals surface area (Å²) in [5.41, 5.74) is 0. The molecule has 0 amide bonds. The van der Waals surface area contributed by atoms with Crippen LogP contribution in [-0.2, 0) is 6.42 Å². The van der Waals surface area contributed by atoms with Gasteiger partial charge in [0.25, 0.3) is 0 Å². The number of aryl methyl sites for hydroxylation is 1. The van der Waals surface area contributed by atoms with E-state index >= 15 is 0 Å². The SMILES string of the molecule is CCNC(=NCCCc1nnc(SC)n1C1CCCC1)N1CCC(CC(C)C)C1.I. The van der Waals surface area contributed by atoms with Gasteiger partial charge in [-0.15, -0.1) is 34.2 Å². The average molecular weight is 549 g/mol. The summed E-state index contributed by atoms with van der Waals surface area (Å²) in [5, 5.41) is 13.5. The van der Waals surface area contributed by atoms with Gasteiger partial charge in [-0.2, -0.15) is 0 Å². The minimum atomic E-state index is 0. The normalized spacial score (nSPS) is 20.2. The Morgan fingerprint density at radius 1 is 1.23 bits per heavy atom. The number of rotatable bonds is 9. The Balaban J connectivity index is 0.00000320. The molecule has 172 valence electrons. The molecular formula is C22H41IN6S. The molecule has 1 aliphatic carbocycles. The van der Waals surface area contributed by atoms with Crippen LogP contribution in [0.1, 0.15) is 77.6 Å². The molecular weight excluding hydrogens is 507 g/mol. The second kappa shape index (κ2) is 13.1. The quantitative estimate of drug-likeness (QED) is 0.155.